The SMILES string of the molecule is O=C(Nc1cccc(C=Cc2nn[nH]n2)c1)c1cccc(Br)n1. The fraction of sp³-hybridized carbons (Fsp3) is 0. The smallest absolute Gasteiger partial charge is 0.274 e. The van der Waals surface area contributed by atoms with Gasteiger partial charge in [0.25, 0.3) is 5.91 Å². The zero-order chi connectivity index (χ0) is 16.1. The van der Waals surface area contributed by atoms with E-state index in [1.165, 1.54) is 0 Å². The number of halogens is 1. The predicted octanol–water partition coefficient (Wildman–Crippen LogP) is 2.78. The molecule has 0 saturated carbocycles. The molecule has 0 aliphatic heterocycles. The molecule has 0 spiro atoms. The van der Waals surface area contributed by atoms with E-state index in [9.17, 15) is 4.79 Å². The van der Waals surface area contributed by atoms with Crippen LogP contribution in [0.1, 0.15) is 21.9 Å². The number of aromatic amines is 1. The van der Waals surface area contributed by atoms with Gasteiger partial charge in [0.05, 0.1) is 0 Å². The van der Waals surface area contributed by atoms with E-state index >= 15 is 0 Å². The van der Waals surface area contributed by atoms with Gasteiger partial charge in [0.1, 0.15) is 10.3 Å². The number of pyridine rings is 1. The first kappa shape index (κ1) is 15.0. The minimum atomic E-state index is -0.273. The molecule has 1 aromatic carbocycles. The van der Waals surface area contributed by atoms with Crippen molar-refractivity contribution in [2.24, 2.45) is 0 Å². The van der Waals surface area contributed by atoms with Gasteiger partial charge < -0.3 is 5.32 Å². The second kappa shape index (κ2) is 6.93. The number of benzene rings is 1. The van der Waals surface area contributed by atoms with E-state index < -0.39 is 0 Å². The lowest BCUT2D eigenvalue weighted by Gasteiger charge is -2.05. The number of carbonyl (C=O) groups is 1. The standard InChI is InChI=1S/C15H11BrN6O/c16-13-6-2-5-12(18-13)15(23)17-11-4-1-3-10(9-11)7-8-14-19-21-22-20-14/h1-9H,(H,17,23)(H,19,20,21,22). The van der Waals surface area contributed by atoms with Gasteiger partial charge in [-0.2, -0.15) is 5.21 Å². The van der Waals surface area contributed by atoms with Crippen molar-refractivity contribution in [1.82, 2.24) is 25.6 Å². The van der Waals surface area contributed by atoms with Crippen LogP contribution in [0.3, 0.4) is 0 Å². The van der Waals surface area contributed by atoms with Crippen LogP contribution in [0.5, 0.6) is 0 Å². The van der Waals surface area contributed by atoms with E-state index in [0.717, 1.165) is 5.56 Å². The summed E-state index contributed by atoms with van der Waals surface area (Å²) >= 11 is 3.25. The first-order valence-electron chi connectivity index (χ1n) is 6.66. The maximum absolute atomic E-state index is 12.2. The molecule has 0 aliphatic carbocycles. The number of hydrogen-bond donors (Lipinski definition) is 2. The lowest BCUT2D eigenvalue weighted by Crippen LogP contribution is -2.13. The van der Waals surface area contributed by atoms with Crippen molar-refractivity contribution in [3.8, 4) is 0 Å². The minimum absolute atomic E-state index is 0.273. The van der Waals surface area contributed by atoms with Crippen molar-refractivity contribution in [1.29, 1.82) is 0 Å². The van der Waals surface area contributed by atoms with Gasteiger partial charge in [0.15, 0.2) is 5.82 Å². The van der Waals surface area contributed by atoms with Gasteiger partial charge in [0.2, 0.25) is 0 Å². The van der Waals surface area contributed by atoms with Crippen LogP contribution in [0.4, 0.5) is 5.69 Å². The van der Waals surface area contributed by atoms with Gasteiger partial charge >= 0.3 is 0 Å². The fourth-order valence-corrected chi connectivity index (χ4v) is 2.20. The summed E-state index contributed by atoms with van der Waals surface area (Å²) < 4.78 is 0.613. The molecule has 0 atom stereocenters. The molecule has 114 valence electrons. The third-order valence-electron chi connectivity index (χ3n) is 2.88. The van der Waals surface area contributed by atoms with Crippen LogP contribution in [0.2, 0.25) is 0 Å². The molecule has 2 aromatic heterocycles. The lowest BCUT2D eigenvalue weighted by molar-refractivity contribution is 0.102. The first-order valence-corrected chi connectivity index (χ1v) is 7.45. The van der Waals surface area contributed by atoms with Crippen molar-refractivity contribution in [2.45, 2.75) is 0 Å². The first-order chi connectivity index (χ1) is 11.2. The van der Waals surface area contributed by atoms with E-state index in [0.29, 0.717) is 21.8 Å². The Balaban J connectivity index is 1.73. The topological polar surface area (TPSA) is 96.5 Å². The highest BCUT2D eigenvalue weighted by molar-refractivity contribution is 9.10. The summed E-state index contributed by atoms with van der Waals surface area (Å²) in [6, 6.07) is 12.6. The van der Waals surface area contributed by atoms with Gasteiger partial charge in [-0.3, -0.25) is 4.79 Å². The monoisotopic (exact) mass is 370 g/mol. The number of anilines is 1. The molecule has 0 saturated heterocycles. The van der Waals surface area contributed by atoms with E-state index in [4.69, 9.17) is 0 Å². The lowest BCUT2D eigenvalue weighted by atomic mass is 10.2. The highest BCUT2D eigenvalue weighted by atomic mass is 79.9. The highest BCUT2D eigenvalue weighted by Gasteiger charge is 2.08. The molecular weight excluding hydrogens is 360 g/mol. The maximum atomic E-state index is 12.2. The van der Waals surface area contributed by atoms with E-state index in [1.807, 2.05) is 30.3 Å². The van der Waals surface area contributed by atoms with Gasteiger partial charge in [0, 0.05) is 5.69 Å². The number of nitrogens with zero attached hydrogens (tertiary/aromatic N) is 4. The second-order valence-electron chi connectivity index (χ2n) is 4.53. The molecule has 0 unspecified atom stereocenters. The predicted molar refractivity (Wildman–Crippen MR) is 89.4 cm³/mol. The molecule has 3 rings (SSSR count). The molecule has 0 radical (unpaired) electrons. The van der Waals surface area contributed by atoms with Gasteiger partial charge in [-0.05, 0) is 57.0 Å². The molecule has 2 heterocycles. The number of rotatable bonds is 4. The van der Waals surface area contributed by atoms with Crippen molar-refractivity contribution in [2.75, 3.05) is 5.32 Å². The number of hydrogen-bond acceptors (Lipinski definition) is 5. The molecular formula is C15H11BrN6O. The zero-order valence-corrected chi connectivity index (χ0v) is 13.4. The molecule has 2 N–H and O–H groups in total. The highest BCUT2D eigenvalue weighted by Crippen LogP contribution is 2.14. The Kier molecular flexibility index (Phi) is 4.53. The summed E-state index contributed by atoms with van der Waals surface area (Å²) in [5.41, 5.74) is 1.91. The Bertz CT molecular complexity index is 847. The number of carbonyl (C=O) groups excluding carboxylic acids is 1. The molecule has 0 fully saturated rings. The number of amides is 1. The van der Waals surface area contributed by atoms with E-state index in [2.05, 4.69) is 46.9 Å². The van der Waals surface area contributed by atoms with Crippen molar-refractivity contribution in [3.05, 3.63) is 64.1 Å². The fourth-order valence-electron chi connectivity index (χ4n) is 1.86. The second-order valence-corrected chi connectivity index (χ2v) is 5.34. The van der Waals surface area contributed by atoms with Crippen LogP contribution >= 0.6 is 15.9 Å². The van der Waals surface area contributed by atoms with Crippen molar-refractivity contribution < 1.29 is 4.79 Å². The average molecular weight is 371 g/mol. The Morgan fingerprint density at radius 3 is 2.83 bits per heavy atom. The number of nitrogens with one attached hydrogen (secondary N) is 2. The molecule has 1 amide bonds. The molecule has 0 aliphatic rings. The Labute approximate surface area is 140 Å². The maximum Gasteiger partial charge on any atom is 0.274 e. The number of H-pyrrole nitrogens is 1. The van der Waals surface area contributed by atoms with E-state index in [1.54, 1.807) is 24.3 Å². The molecule has 8 heteroatoms. The van der Waals surface area contributed by atoms with Gasteiger partial charge in [-0.15, -0.1) is 10.2 Å². The largest absolute Gasteiger partial charge is 0.321 e. The Morgan fingerprint density at radius 2 is 2.04 bits per heavy atom. The van der Waals surface area contributed by atoms with Crippen LogP contribution in [-0.2, 0) is 0 Å². The molecule has 0 bridgehead atoms. The minimum Gasteiger partial charge on any atom is -0.321 e. The van der Waals surface area contributed by atoms with Gasteiger partial charge in [-0.1, -0.05) is 24.3 Å². The molecule has 23 heavy (non-hydrogen) atoms. The quantitative estimate of drug-likeness (QED) is 0.688. The average Bonchev–Trinajstić information content (AvgIpc) is 3.07. The Morgan fingerprint density at radius 1 is 1.17 bits per heavy atom. The summed E-state index contributed by atoms with van der Waals surface area (Å²) in [5.74, 6) is 0.211. The van der Waals surface area contributed by atoms with Crippen molar-refractivity contribution in [3.63, 3.8) is 0 Å². The summed E-state index contributed by atoms with van der Waals surface area (Å²) in [6.07, 6.45) is 3.55. The summed E-state index contributed by atoms with van der Waals surface area (Å²) in [5, 5.41) is 16.3. The third-order valence-corrected chi connectivity index (χ3v) is 3.32. The number of aromatic nitrogens is 5. The summed E-state index contributed by atoms with van der Waals surface area (Å²) in [4.78, 5) is 16.3. The molecule has 3 aromatic rings. The zero-order valence-electron chi connectivity index (χ0n) is 11.8. The van der Waals surface area contributed by atoms with Crippen molar-refractivity contribution >= 4 is 39.7 Å². The summed E-state index contributed by atoms with van der Waals surface area (Å²) in [6.45, 7) is 0. The van der Waals surface area contributed by atoms with Crippen LogP contribution in [0, 0.1) is 0 Å². The third kappa shape index (κ3) is 4.07. The normalized spacial score (nSPS) is 10.8. The van der Waals surface area contributed by atoms with Crippen LogP contribution in [0.25, 0.3) is 12.2 Å². The van der Waals surface area contributed by atoms with E-state index in [-0.39, 0.29) is 5.91 Å². The van der Waals surface area contributed by atoms with Crippen LogP contribution < -0.4 is 5.32 Å². The molecule has 7 nitrogen and oxygen atoms in total. The van der Waals surface area contributed by atoms with Crippen LogP contribution in [-0.4, -0.2) is 31.5 Å². The van der Waals surface area contributed by atoms with Gasteiger partial charge in [-0.25, -0.2) is 4.98 Å². The van der Waals surface area contributed by atoms with Crippen LogP contribution in [0.15, 0.2) is 47.1 Å². The Hall–Kier alpha value is -2.87. The number of tetrazole rings is 1. The summed E-state index contributed by atoms with van der Waals surface area (Å²) in [7, 11) is 0.